The Kier molecular flexibility index (Phi) is 3.21. The van der Waals surface area contributed by atoms with Crippen LogP contribution in [-0.2, 0) is 4.74 Å². The van der Waals surface area contributed by atoms with Gasteiger partial charge in [-0.25, -0.2) is 0 Å². The van der Waals surface area contributed by atoms with Gasteiger partial charge < -0.3 is 4.74 Å². The van der Waals surface area contributed by atoms with Gasteiger partial charge in [-0.1, -0.05) is 12.3 Å². The van der Waals surface area contributed by atoms with E-state index < -0.39 is 0 Å². The second kappa shape index (κ2) is 3.92. The highest BCUT2D eigenvalue weighted by molar-refractivity contribution is 4.89. The highest BCUT2D eigenvalue weighted by atomic mass is 16.5. The minimum Gasteiger partial charge on any atom is -0.357 e. The molecule has 0 aromatic heterocycles. The summed E-state index contributed by atoms with van der Waals surface area (Å²) >= 11 is 0. The fraction of sp³-hybridized carbons (Fsp3) is 0.200. The molecule has 6 heavy (non-hydrogen) atoms. The van der Waals surface area contributed by atoms with Gasteiger partial charge in [-0.2, -0.15) is 0 Å². The molecule has 0 aromatic carbocycles. The van der Waals surface area contributed by atoms with Gasteiger partial charge in [0, 0.05) is 6.92 Å². The maximum Gasteiger partial charge on any atom is 0.129 e. The van der Waals surface area contributed by atoms with Crippen LogP contribution < -0.4 is 0 Å². The van der Waals surface area contributed by atoms with Gasteiger partial charge in [-0.3, -0.25) is 0 Å². The zero-order valence-corrected chi connectivity index (χ0v) is 3.49. The van der Waals surface area contributed by atoms with Crippen LogP contribution in [0.5, 0.6) is 0 Å². The van der Waals surface area contributed by atoms with E-state index in [1.807, 2.05) is 6.11 Å². The van der Waals surface area contributed by atoms with Crippen molar-refractivity contribution in [2.45, 2.75) is 6.92 Å². The lowest BCUT2D eigenvalue weighted by atomic mass is 10.8. The van der Waals surface area contributed by atoms with E-state index in [-0.39, 0.29) is 0 Å². The molecule has 0 rings (SSSR count). The summed E-state index contributed by atoms with van der Waals surface area (Å²) in [6.45, 7) is 1.65. The molecule has 30 valence electrons. The Morgan fingerprint density at radius 2 is 2.33 bits per heavy atom. The molecule has 1 nitrogen and oxygen atoms in total. The molecule has 0 unspecified atom stereocenters. The molecule has 0 bridgehead atoms. The van der Waals surface area contributed by atoms with Crippen LogP contribution in [0, 0.1) is 24.6 Å². The standard InChI is InChI=1S/C5H4O/c1-3-5-6-4-2/h2H,1H3. The first-order valence-corrected chi connectivity index (χ1v) is 1.45. The van der Waals surface area contributed by atoms with Crippen LogP contribution in [0.4, 0.5) is 0 Å². The largest absolute Gasteiger partial charge is 0.357 e. The first kappa shape index (κ1) is 4.92. The predicted octanol–water partition coefficient (Wildman–Crippen LogP) is 0.575. The maximum absolute atomic E-state index is 4.64. The average molecular weight is 80.1 g/mol. The minimum atomic E-state index is 1.65. The monoisotopic (exact) mass is 80.0 g/mol. The predicted molar refractivity (Wildman–Crippen MR) is 23.4 cm³/mol. The van der Waals surface area contributed by atoms with Crippen molar-refractivity contribution in [3.05, 3.63) is 0 Å². The van der Waals surface area contributed by atoms with Crippen molar-refractivity contribution >= 4 is 0 Å². The van der Waals surface area contributed by atoms with Gasteiger partial charge in [0.15, 0.2) is 0 Å². The van der Waals surface area contributed by atoms with Crippen LogP contribution in [0.2, 0.25) is 0 Å². The molecule has 0 heterocycles. The van der Waals surface area contributed by atoms with Crippen LogP contribution in [0.15, 0.2) is 0 Å². The Labute approximate surface area is 37.3 Å². The molecule has 0 fully saturated rings. The van der Waals surface area contributed by atoms with Crippen molar-refractivity contribution in [3.8, 4) is 24.6 Å². The lowest BCUT2D eigenvalue weighted by Gasteiger charge is -1.67. The van der Waals surface area contributed by atoms with Crippen LogP contribution in [-0.4, -0.2) is 0 Å². The second-order valence-corrected chi connectivity index (χ2v) is 0.572. The lowest BCUT2D eigenvalue weighted by molar-refractivity contribution is 0.480. The Balaban J connectivity index is 3.07. The lowest BCUT2D eigenvalue weighted by Crippen LogP contribution is -1.59. The molecule has 0 spiro atoms. The van der Waals surface area contributed by atoms with E-state index in [0.717, 1.165) is 0 Å². The van der Waals surface area contributed by atoms with Gasteiger partial charge >= 0.3 is 0 Å². The first-order valence-electron chi connectivity index (χ1n) is 1.45. The topological polar surface area (TPSA) is 9.23 Å². The molecule has 0 atom stereocenters. The molecule has 1 heteroatoms. The van der Waals surface area contributed by atoms with E-state index in [1.54, 1.807) is 6.92 Å². The van der Waals surface area contributed by atoms with E-state index in [0.29, 0.717) is 0 Å². The number of hydrogen-bond acceptors (Lipinski definition) is 1. The number of terminal acetylenes is 1. The smallest absolute Gasteiger partial charge is 0.129 e. The van der Waals surface area contributed by atoms with Crippen molar-refractivity contribution in [1.29, 1.82) is 0 Å². The minimum absolute atomic E-state index is 1.65. The summed E-state index contributed by atoms with van der Waals surface area (Å²) in [5.41, 5.74) is 0. The fourth-order valence-corrected chi connectivity index (χ4v) is 0.0805. The molecule has 0 radical (unpaired) electrons. The average Bonchev–Trinajstić information content (AvgIpc) is 1.61. The summed E-state index contributed by atoms with van der Waals surface area (Å²) in [6, 6.07) is 0. The number of rotatable bonds is 0. The SMILES string of the molecule is C#COC#CC. The summed E-state index contributed by atoms with van der Waals surface area (Å²) in [5, 5.41) is 0. The third-order valence-electron chi connectivity index (χ3n) is 0.212. The molecular formula is C5H4O. The van der Waals surface area contributed by atoms with Gasteiger partial charge in [0.05, 0.1) is 0 Å². The summed E-state index contributed by atoms with van der Waals surface area (Å²) < 4.78 is 4.15. The third kappa shape index (κ3) is 2.92. The van der Waals surface area contributed by atoms with E-state index in [1.165, 1.54) is 0 Å². The van der Waals surface area contributed by atoms with Crippen LogP contribution >= 0.6 is 0 Å². The van der Waals surface area contributed by atoms with Gasteiger partial charge in [0.2, 0.25) is 0 Å². The van der Waals surface area contributed by atoms with Gasteiger partial charge in [0.1, 0.15) is 12.2 Å². The highest BCUT2D eigenvalue weighted by Crippen LogP contribution is 1.55. The van der Waals surface area contributed by atoms with Crippen molar-refractivity contribution < 1.29 is 4.74 Å². The van der Waals surface area contributed by atoms with Crippen LogP contribution in [0.1, 0.15) is 6.92 Å². The molecule has 0 saturated heterocycles. The summed E-state index contributed by atoms with van der Waals surface area (Å²) in [4.78, 5) is 0. The third-order valence-corrected chi connectivity index (χ3v) is 0.212. The zero-order chi connectivity index (χ0) is 4.83. The van der Waals surface area contributed by atoms with Gasteiger partial charge in [-0.15, -0.1) is 0 Å². The summed E-state index contributed by atoms with van der Waals surface area (Å²) in [7, 11) is 0. The molecule has 0 aliphatic heterocycles. The second-order valence-electron chi connectivity index (χ2n) is 0.572. The molecule has 0 N–H and O–H groups in total. The Hall–Kier alpha value is -1.08. The van der Waals surface area contributed by atoms with Crippen LogP contribution in [0.3, 0.4) is 0 Å². The molecule has 0 aromatic rings. The molecule has 0 saturated carbocycles. The van der Waals surface area contributed by atoms with Gasteiger partial charge in [0.25, 0.3) is 0 Å². The van der Waals surface area contributed by atoms with Crippen LogP contribution in [0.25, 0.3) is 0 Å². The first-order chi connectivity index (χ1) is 2.91. The molecule has 0 amide bonds. The maximum atomic E-state index is 4.64. The van der Waals surface area contributed by atoms with E-state index >= 15 is 0 Å². The summed E-state index contributed by atoms with van der Waals surface area (Å²) in [5.74, 6) is 2.45. The van der Waals surface area contributed by atoms with E-state index in [4.69, 9.17) is 0 Å². The van der Waals surface area contributed by atoms with Gasteiger partial charge in [-0.05, 0) is 0 Å². The number of hydrogen-bond donors (Lipinski definition) is 0. The summed E-state index contributed by atoms with van der Waals surface area (Å²) in [6.07, 6.45) is 8.75. The highest BCUT2D eigenvalue weighted by Gasteiger charge is 1.50. The van der Waals surface area contributed by atoms with Crippen molar-refractivity contribution in [1.82, 2.24) is 0 Å². The Morgan fingerprint density at radius 3 is 2.50 bits per heavy atom. The van der Waals surface area contributed by atoms with Crippen molar-refractivity contribution in [2.75, 3.05) is 0 Å². The zero-order valence-electron chi connectivity index (χ0n) is 3.49. The Bertz CT molecular complexity index is 108. The molecule has 0 aliphatic rings. The van der Waals surface area contributed by atoms with E-state index in [2.05, 4.69) is 23.2 Å². The molecular weight excluding hydrogens is 76.1 g/mol. The number of ether oxygens (including phenoxy) is 1. The Morgan fingerprint density at radius 1 is 1.67 bits per heavy atom. The normalized spacial score (nSPS) is 4.00. The van der Waals surface area contributed by atoms with E-state index in [9.17, 15) is 0 Å². The van der Waals surface area contributed by atoms with Crippen molar-refractivity contribution in [2.24, 2.45) is 0 Å². The molecule has 0 aliphatic carbocycles. The quantitative estimate of drug-likeness (QED) is 0.386. The van der Waals surface area contributed by atoms with Crippen molar-refractivity contribution in [3.63, 3.8) is 0 Å². The fourth-order valence-electron chi connectivity index (χ4n) is 0.0805.